The second kappa shape index (κ2) is 20.8. The Morgan fingerprint density at radius 2 is 1.26 bits per heavy atom. The molecular formula is C38H47N5O10. The van der Waals surface area contributed by atoms with Crippen molar-refractivity contribution in [1.82, 2.24) is 15.5 Å². The van der Waals surface area contributed by atoms with Gasteiger partial charge in [-0.05, 0) is 57.2 Å². The van der Waals surface area contributed by atoms with Crippen molar-refractivity contribution in [2.45, 2.75) is 84.1 Å². The summed E-state index contributed by atoms with van der Waals surface area (Å²) < 4.78 is 21.3. The average Bonchev–Trinajstić information content (AvgIpc) is 3.12. The van der Waals surface area contributed by atoms with E-state index in [0.717, 1.165) is 4.90 Å². The molecule has 0 aliphatic rings. The van der Waals surface area contributed by atoms with E-state index in [1.807, 2.05) is 6.07 Å². The van der Waals surface area contributed by atoms with E-state index in [0.29, 0.717) is 16.7 Å². The Hall–Kier alpha value is -5.96. The standard InChI is InChI=1S/C38H47N5O10/c1-26(44)31(33(46)50-23-27-15-8-5-9-16-27)41-32(45)30(40-36(48)53-38(2,3)4)21-14-22-43(37(49)52-25-29-19-12-7-13-20-29)34(39)42-35(47)51-24-28-17-10-6-11-18-28/h5-13,15-20,26,30-31,44H,14,21-25H2,1-4H3,(H,40,48)(H,41,45)(H2,39,42,47)/t26-,30-,31-/m0/s1. The first kappa shape index (κ1) is 41.5. The number of nitrogens with zero attached hydrogens (tertiary/aromatic N) is 2. The van der Waals surface area contributed by atoms with E-state index in [9.17, 15) is 29.1 Å². The molecule has 15 nitrogen and oxygen atoms in total. The maximum Gasteiger partial charge on any atom is 0.437 e. The van der Waals surface area contributed by atoms with Crippen LogP contribution in [0.5, 0.6) is 0 Å². The fourth-order valence-electron chi connectivity index (χ4n) is 4.62. The van der Waals surface area contributed by atoms with Crippen molar-refractivity contribution in [2.75, 3.05) is 6.54 Å². The largest absolute Gasteiger partial charge is 0.459 e. The van der Waals surface area contributed by atoms with Gasteiger partial charge in [0.15, 0.2) is 6.04 Å². The number of esters is 1. The molecule has 0 aliphatic heterocycles. The molecule has 3 aromatic rings. The van der Waals surface area contributed by atoms with Crippen LogP contribution in [0, 0.1) is 0 Å². The molecule has 4 amide bonds. The summed E-state index contributed by atoms with van der Waals surface area (Å²) in [6.07, 6.45) is -4.44. The van der Waals surface area contributed by atoms with E-state index in [4.69, 9.17) is 24.7 Å². The van der Waals surface area contributed by atoms with Gasteiger partial charge in [0.25, 0.3) is 0 Å². The van der Waals surface area contributed by atoms with Gasteiger partial charge in [0.1, 0.15) is 31.5 Å². The second-order valence-corrected chi connectivity index (χ2v) is 12.9. The molecule has 0 radical (unpaired) electrons. The number of amides is 4. The van der Waals surface area contributed by atoms with Gasteiger partial charge in [-0.3, -0.25) is 4.79 Å². The van der Waals surface area contributed by atoms with E-state index in [-0.39, 0.29) is 39.2 Å². The van der Waals surface area contributed by atoms with Gasteiger partial charge in [-0.2, -0.15) is 0 Å². The first-order valence-electron chi connectivity index (χ1n) is 16.9. The quantitative estimate of drug-likeness (QED) is 0.0737. The van der Waals surface area contributed by atoms with Gasteiger partial charge in [0, 0.05) is 6.54 Å². The molecule has 15 heteroatoms. The topological polar surface area (TPSA) is 208 Å². The number of rotatable bonds is 15. The summed E-state index contributed by atoms with van der Waals surface area (Å²) in [5, 5.41) is 15.3. The number of carbonyl (C=O) groups is 5. The second-order valence-electron chi connectivity index (χ2n) is 12.9. The van der Waals surface area contributed by atoms with E-state index in [1.165, 1.54) is 6.92 Å². The lowest BCUT2D eigenvalue weighted by Crippen LogP contribution is -2.55. The summed E-state index contributed by atoms with van der Waals surface area (Å²) in [6, 6.07) is 23.7. The SMILES string of the molecule is C[C@H](O)[C@H](NC(=O)[C@H](CCCN(C(=O)OCc1ccccc1)/C(N)=N/C(=O)OCc1ccccc1)NC(=O)OC(C)(C)C)C(=O)OCc1ccccc1. The predicted octanol–water partition coefficient (Wildman–Crippen LogP) is 4.56. The summed E-state index contributed by atoms with van der Waals surface area (Å²) >= 11 is 0. The predicted molar refractivity (Wildman–Crippen MR) is 194 cm³/mol. The van der Waals surface area contributed by atoms with Crippen LogP contribution in [0.3, 0.4) is 0 Å². The Morgan fingerprint density at radius 1 is 0.774 bits per heavy atom. The third-order valence-corrected chi connectivity index (χ3v) is 7.25. The molecule has 0 aliphatic carbocycles. The molecular weight excluding hydrogens is 686 g/mol. The zero-order chi connectivity index (χ0) is 38.8. The van der Waals surface area contributed by atoms with Crippen molar-refractivity contribution in [3.05, 3.63) is 108 Å². The number of hydrogen-bond acceptors (Lipinski definition) is 10. The minimum Gasteiger partial charge on any atom is -0.459 e. The Morgan fingerprint density at radius 3 is 1.75 bits per heavy atom. The lowest BCUT2D eigenvalue weighted by atomic mass is 10.1. The molecule has 0 fully saturated rings. The van der Waals surface area contributed by atoms with Crippen LogP contribution in [0.4, 0.5) is 14.4 Å². The summed E-state index contributed by atoms with van der Waals surface area (Å²) in [5.41, 5.74) is 7.29. The minimum absolute atomic E-state index is 0.0125. The number of aliphatic hydroxyl groups is 1. The van der Waals surface area contributed by atoms with Gasteiger partial charge >= 0.3 is 24.2 Å². The number of ether oxygens (including phenoxy) is 4. The van der Waals surface area contributed by atoms with E-state index in [2.05, 4.69) is 15.6 Å². The Balaban J connectivity index is 1.75. The normalized spacial score (nSPS) is 13.0. The van der Waals surface area contributed by atoms with E-state index in [1.54, 1.807) is 106 Å². The average molecular weight is 734 g/mol. The number of hydrogen-bond donors (Lipinski definition) is 4. The maximum absolute atomic E-state index is 13.6. The number of nitrogens with one attached hydrogen (secondary N) is 2. The van der Waals surface area contributed by atoms with Gasteiger partial charge in [-0.25, -0.2) is 24.1 Å². The summed E-state index contributed by atoms with van der Waals surface area (Å²) in [4.78, 5) is 69.7. The molecule has 3 rings (SSSR count). The number of aliphatic imine (C=N–C) groups is 1. The Kier molecular flexibility index (Phi) is 16.3. The first-order chi connectivity index (χ1) is 25.2. The van der Waals surface area contributed by atoms with Crippen molar-refractivity contribution in [3.63, 3.8) is 0 Å². The van der Waals surface area contributed by atoms with Crippen LogP contribution in [0.15, 0.2) is 96.0 Å². The Bertz CT molecular complexity index is 1660. The van der Waals surface area contributed by atoms with Gasteiger partial charge < -0.3 is 40.4 Å². The molecule has 3 atom stereocenters. The number of nitrogens with two attached hydrogens (primary N) is 1. The number of benzene rings is 3. The van der Waals surface area contributed by atoms with Crippen LogP contribution in [0.1, 0.15) is 57.2 Å². The lowest BCUT2D eigenvalue weighted by Gasteiger charge is -2.26. The highest BCUT2D eigenvalue weighted by atomic mass is 16.6. The van der Waals surface area contributed by atoms with Crippen molar-refractivity contribution in [3.8, 4) is 0 Å². The van der Waals surface area contributed by atoms with E-state index < -0.39 is 59.9 Å². The third-order valence-electron chi connectivity index (χ3n) is 7.25. The molecule has 0 aromatic heterocycles. The van der Waals surface area contributed by atoms with Crippen molar-refractivity contribution < 1.29 is 48.0 Å². The smallest absolute Gasteiger partial charge is 0.437 e. The van der Waals surface area contributed by atoms with Crippen molar-refractivity contribution in [2.24, 2.45) is 10.7 Å². The van der Waals surface area contributed by atoms with Gasteiger partial charge in [-0.15, -0.1) is 4.99 Å². The van der Waals surface area contributed by atoms with Crippen LogP contribution < -0.4 is 16.4 Å². The first-order valence-corrected chi connectivity index (χ1v) is 16.9. The maximum atomic E-state index is 13.6. The molecule has 0 bridgehead atoms. The van der Waals surface area contributed by atoms with Crippen LogP contribution in [-0.4, -0.2) is 76.5 Å². The Labute approximate surface area is 308 Å². The molecule has 0 saturated heterocycles. The summed E-state index contributed by atoms with van der Waals surface area (Å²) in [6.45, 7) is 5.69. The minimum atomic E-state index is -1.48. The molecule has 0 unspecified atom stereocenters. The summed E-state index contributed by atoms with van der Waals surface area (Å²) in [5.74, 6) is -2.27. The van der Waals surface area contributed by atoms with Crippen molar-refractivity contribution in [1.29, 1.82) is 0 Å². The number of carbonyl (C=O) groups excluding carboxylic acids is 5. The van der Waals surface area contributed by atoms with Crippen LogP contribution in [0.25, 0.3) is 0 Å². The van der Waals surface area contributed by atoms with Gasteiger partial charge in [0.2, 0.25) is 11.9 Å². The molecule has 0 spiro atoms. The monoisotopic (exact) mass is 733 g/mol. The third kappa shape index (κ3) is 15.4. The fourth-order valence-corrected chi connectivity index (χ4v) is 4.62. The highest BCUT2D eigenvalue weighted by molar-refractivity contribution is 5.98. The number of guanidine groups is 1. The zero-order valence-electron chi connectivity index (χ0n) is 30.2. The summed E-state index contributed by atoms with van der Waals surface area (Å²) in [7, 11) is 0. The molecule has 284 valence electrons. The van der Waals surface area contributed by atoms with E-state index >= 15 is 0 Å². The molecule has 0 saturated carbocycles. The zero-order valence-corrected chi connectivity index (χ0v) is 30.2. The van der Waals surface area contributed by atoms with Gasteiger partial charge in [0.05, 0.1) is 6.10 Å². The van der Waals surface area contributed by atoms with Crippen LogP contribution in [0.2, 0.25) is 0 Å². The van der Waals surface area contributed by atoms with Crippen LogP contribution in [-0.2, 0) is 48.4 Å². The highest BCUT2D eigenvalue weighted by Crippen LogP contribution is 2.12. The fraction of sp³-hybridized carbons (Fsp3) is 0.368. The van der Waals surface area contributed by atoms with Crippen molar-refractivity contribution >= 4 is 36.1 Å². The lowest BCUT2D eigenvalue weighted by molar-refractivity contribution is -0.152. The molecule has 3 aromatic carbocycles. The molecule has 0 heterocycles. The molecule has 53 heavy (non-hydrogen) atoms. The van der Waals surface area contributed by atoms with Gasteiger partial charge in [-0.1, -0.05) is 91.0 Å². The molecule has 5 N–H and O–H groups in total. The number of aliphatic hydroxyl groups excluding tert-OH is 1. The van der Waals surface area contributed by atoms with Crippen LogP contribution >= 0.6 is 0 Å². The highest BCUT2D eigenvalue weighted by Gasteiger charge is 2.32. The number of alkyl carbamates (subject to hydrolysis) is 1.